The number of anilines is 1. The second-order valence-corrected chi connectivity index (χ2v) is 8.81. The van der Waals surface area contributed by atoms with Crippen molar-refractivity contribution in [3.63, 3.8) is 0 Å². The molecule has 5 heterocycles. The summed E-state index contributed by atoms with van der Waals surface area (Å²) in [6, 6.07) is 4.79. The van der Waals surface area contributed by atoms with E-state index in [4.69, 9.17) is 9.72 Å². The Morgan fingerprint density at radius 3 is 2.88 bits per heavy atom. The van der Waals surface area contributed by atoms with Crippen LogP contribution in [0.25, 0.3) is 16.7 Å². The van der Waals surface area contributed by atoms with Crippen LogP contribution >= 0.6 is 0 Å². The first-order valence-electron chi connectivity index (χ1n) is 11.1. The van der Waals surface area contributed by atoms with Gasteiger partial charge in [0.25, 0.3) is 0 Å². The number of benzene rings is 1. The van der Waals surface area contributed by atoms with Crippen molar-refractivity contribution in [3.05, 3.63) is 53.2 Å². The Kier molecular flexibility index (Phi) is 4.78. The largest absolute Gasteiger partial charge is 0.392 e. The van der Waals surface area contributed by atoms with Crippen molar-refractivity contribution in [1.82, 2.24) is 24.6 Å². The van der Waals surface area contributed by atoms with E-state index in [2.05, 4.69) is 31.9 Å². The first-order chi connectivity index (χ1) is 16.2. The number of hydrogen-bond donors (Lipinski definition) is 2. The van der Waals surface area contributed by atoms with E-state index in [0.29, 0.717) is 27.8 Å². The molecule has 2 fully saturated rings. The number of H-pyrrole nitrogens is 1. The van der Waals surface area contributed by atoms with Gasteiger partial charge in [0.1, 0.15) is 11.5 Å². The standard InChI is InChI=1S/C24H23FN6O2/c25-20-16(2-1-3-17(20)14-32)4-5-18-19-21(29-28-18)27-23(31-12-9-26-22(19)31)30-10-6-24(7-11-30)8-13-33-15-24/h1-3,9,12,32H,6-8,10-11,13-15H2,(H,28,29). The van der Waals surface area contributed by atoms with Crippen LogP contribution in [0.1, 0.15) is 36.1 Å². The molecule has 2 aliphatic heterocycles. The Labute approximate surface area is 189 Å². The van der Waals surface area contributed by atoms with Gasteiger partial charge in [0, 0.05) is 37.7 Å². The average molecular weight is 446 g/mol. The summed E-state index contributed by atoms with van der Waals surface area (Å²) in [5.74, 6) is 6.13. The summed E-state index contributed by atoms with van der Waals surface area (Å²) in [4.78, 5) is 11.7. The Balaban J connectivity index is 1.37. The maximum atomic E-state index is 14.5. The normalized spacial score (nSPS) is 17.7. The van der Waals surface area contributed by atoms with E-state index >= 15 is 0 Å². The van der Waals surface area contributed by atoms with E-state index in [0.717, 1.165) is 51.5 Å². The smallest absolute Gasteiger partial charge is 0.213 e. The van der Waals surface area contributed by atoms with Gasteiger partial charge < -0.3 is 14.7 Å². The predicted molar refractivity (Wildman–Crippen MR) is 120 cm³/mol. The van der Waals surface area contributed by atoms with E-state index in [1.54, 1.807) is 18.3 Å². The summed E-state index contributed by atoms with van der Waals surface area (Å²) >= 11 is 0. The third kappa shape index (κ3) is 3.34. The lowest BCUT2D eigenvalue weighted by molar-refractivity contribution is 0.133. The zero-order valence-electron chi connectivity index (χ0n) is 18.0. The van der Waals surface area contributed by atoms with Gasteiger partial charge in [0.2, 0.25) is 5.95 Å². The zero-order valence-corrected chi connectivity index (χ0v) is 18.0. The number of nitrogens with one attached hydrogen (secondary N) is 1. The van der Waals surface area contributed by atoms with Gasteiger partial charge in [-0.2, -0.15) is 10.1 Å². The van der Waals surface area contributed by atoms with Crippen LogP contribution < -0.4 is 4.90 Å². The highest BCUT2D eigenvalue weighted by Crippen LogP contribution is 2.40. The zero-order chi connectivity index (χ0) is 22.4. The van der Waals surface area contributed by atoms with Gasteiger partial charge in [-0.25, -0.2) is 9.37 Å². The molecule has 2 N–H and O–H groups in total. The van der Waals surface area contributed by atoms with Crippen LogP contribution in [-0.2, 0) is 11.3 Å². The van der Waals surface area contributed by atoms with Gasteiger partial charge in [0.05, 0.1) is 24.2 Å². The topological polar surface area (TPSA) is 91.6 Å². The molecule has 2 saturated heterocycles. The first-order valence-corrected chi connectivity index (χ1v) is 11.1. The molecule has 8 nitrogen and oxygen atoms in total. The van der Waals surface area contributed by atoms with Gasteiger partial charge in [-0.3, -0.25) is 9.50 Å². The Morgan fingerprint density at radius 1 is 1.21 bits per heavy atom. The molecule has 0 unspecified atom stereocenters. The Bertz CT molecular complexity index is 1400. The monoisotopic (exact) mass is 446 g/mol. The molecular weight excluding hydrogens is 423 g/mol. The third-order valence-corrected chi connectivity index (χ3v) is 6.90. The minimum Gasteiger partial charge on any atom is -0.392 e. The molecule has 0 saturated carbocycles. The highest BCUT2D eigenvalue weighted by atomic mass is 19.1. The Morgan fingerprint density at radius 2 is 2.09 bits per heavy atom. The van der Waals surface area contributed by atoms with Crippen molar-refractivity contribution in [1.29, 1.82) is 0 Å². The second-order valence-electron chi connectivity index (χ2n) is 8.81. The van der Waals surface area contributed by atoms with Crippen LogP contribution in [0.5, 0.6) is 0 Å². The summed E-state index contributed by atoms with van der Waals surface area (Å²) in [5.41, 5.74) is 2.50. The number of ether oxygens (including phenoxy) is 1. The second kappa shape index (κ2) is 7.83. The molecule has 0 radical (unpaired) electrons. The number of aromatic amines is 1. The fourth-order valence-corrected chi connectivity index (χ4v) is 4.89. The van der Waals surface area contributed by atoms with Gasteiger partial charge >= 0.3 is 0 Å². The lowest BCUT2D eigenvalue weighted by atomic mass is 9.78. The average Bonchev–Trinajstić information content (AvgIpc) is 3.58. The molecule has 6 rings (SSSR count). The fraction of sp³-hybridized carbons (Fsp3) is 0.375. The minimum absolute atomic E-state index is 0.214. The number of piperidine rings is 1. The van der Waals surface area contributed by atoms with Crippen LogP contribution in [-0.4, -0.2) is 56.0 Å². The molecular formula is C24H23FN6O2. The Hall–Kier alpha value is -3.48. The van der Waals surface area contributed by atoms with Crippen molar-refractivity contribution in [2.75, 3.05) is 31.2 Å². The first kappa shape index (κ1) is 20.1. The van der Waals surface area contributed by atoms with Gasteiger partial charge in [0.15, 0.2) is 11.3 Å². The SMILES string of the molecule is OCc1cccc(C#Cc2[nH]nc3nc(N4CCC5(CCOC5)CC4)n4ccnc4c23)c1F. The summed E-state index contributed by atoms with van der Waals surface area (Å²) in [7, 11) is 0. The molecule has 3 aromatic heterocycles. The predicted octanol–water partition coefficient (Wildman–Crippen LogP) is 2.64. The van der Waals surface area contributed by atoms with Crippen molar-refractivity contribution < 1.29 is 14.2 Å². The number of aliphatic hydroxyl groups excluding tert-OH is 1. The number of hydrogen-bond acceptors (Lipinski definition) is 6. The number of aromatic nitrogens is 5. The molecule has 33 heavy (non-hydrogen) atoms. The lowest BCUT2D eigenvalue weighted by Crippen LogP contribution is -2.41. The van der Waals surface area contributed by atoms with Crippen LogP contribution in [0.4, 0.5) is 10.3 Å². The van der Waals surface area contributed by atoms with E-state index in [1.165, 1.54) is 6.07 Å². The summed E-state index contributed by atoms with van der Waals surface area (Å²) in [6.07, 6.45) is 6.94. The molecule has 168 valence electrons. The molecule has 4 aromatic rings. The summed E-state index contributed by atoms with van der Waals surface area (Å²) in [6.45, 7) is 3.16. The number of rotatable bonds is 2. The lowest BCUT2D eigenvalue weighted by Gasteiger charge is -2.38. The third-order valence-electron chi connectivity index (χ3n) is 6.90. The van der Waals surface area contributed by atoms with Gasteiger partial charge in [-0.05, 0) is 36.7 Å². The van der Waals surface area contributed by atoms with E-state index in [1.807, 2.05) is 10.6 Å². The molecule has 0 atom stereocenters. The molecule has 9 heteroatoms. The van der Waals surface area contributed by atoms with Crippen molar-refractivity contribution in [2.45, 2.75) is 25.9 Å². The van der Waals surface area contributed by atoms with E-state index in [9.17, 15) is 9.50 Å². The van der Waals surface area contributed by atoms with Crippen LogP contribution in [0.3, 0.4) is 0 Å². The van der Waals surface area contributed by atoms with Gasteiger partial charge in [-0.15, -0.1) is 0 Å². The number of imidazole rings is 1. The maximum absolute atomic E-state index is 14.5. The van der Waals surface area contributed by atoms with Crippen molar-refractivity contribution in [3.8, 4) is 11.8 Å². The van der Waals surface area contributed by atoms with Crippen molar-refractivity contribution >= 4 is 22.6 Å². The minimum atomic E-state index is -0.516. The fourth-order valence-electron chi connectivity index (χ4n) is 4.89. The van der Waals surface area contributed by atoms with E-state index < -0.39 is 5.82 Å². The molecule has 1 aromatic carbocycles. The molecule has 0 bridgehead atoms. The van der Waals surface area contributed by atoms with Crippen LogP contribution in [0, 0.1) is 23.1 Å². The highest BCUT2D eigenvalue weighted by molar-refractivity contribution is 5.94. The van der Waals surface area contributed by atoms with Crippen LogP contribution in [0.15, 0.2) is 30.6 Å². The molecule has 0 aliphatic carbocycles. The molecule has 2 aliphatic rings. The van der Waals surface area contributed by atoms with Crippen LogP contribution in [0.2, 0.25) is 0 Å². The number of halogens is 1. The highest BCUT2D eigenvalue weighted by Gasteiger charge is 2.38. The molecule has 1 spiro atoms. The number of aliphatic hydroxyl groups is 1. The van der Waals surface area contributed by atoms with Gasteiger partial charge in [-0.1, -0.05) is 18.1 Å². The molecule has 0 amide bonds. The number of nitrogens with zero attached hydrogens (tertiary/aromatic N) is 5. The quantitative estimate of drug-likeness (QED) is 0.460. The van der Waals surface area contributed by atoms with E-state index in [-0.39, 0.29) is 17.7 Å². The van der Waals surface area contributed by atoms with Crippen molar-refractivity contribution in [2.24, 2.45) is 5.41 Å². The maximum Gasteiger partial charge on any atom is 0.213 e. The summed E-state index contributed by atoms with van der Waals surface area (Å²) in [5, 5.41) is 17.3. The number of fused-ring (bicyclic) bond motifs is 3. The summed E-state index contributed by atoms with van der Waals surface area (Å²) < 4.78 is 22.1.